The summed E-state index contributed by atoms with van der Waals surface area (Å²) in [4.78, 5) is 33.4. The first-order chi connectivity index (χ1) is 11.3. The lowest BCUT2D eigenvalue weighted by atomic mass is 10.2. The lowest BCUT2D eigenvalue weighted by molar-refractivity contribution is -0.167. The maximum Gasteiger partial charge on any atom is 0.471 e. The zero-order valence-corrected chi connectivity index (χ0v) is 12.0. The maximum atomic E-state index is 12.1. The predicted octanol–water partition coefficient (Wildman–Crippen LogP) is 1.20. The van der Waals surface area contributed by atoms with Crippen LogP contribution in [0.25, 0.3) is 0 Å². The number of aromatic amines is 1. The molecule has 24 heavy (non-hydrogen) atoms. The number of hydrogen-bond acceptors (Lipinski definition) is 4. The van der Waals surface area contributed by atoms with Gasteiger partial charge in [-0.2, -0.15) is 18.3 Å². The Balaban J connectivity index is 1.92. The van der Waals surface area contributed by atoms with E-state index in [4.69, 9.17) is 0 Å². The SMILES string of the molecule is O=C(NCc1ccc(NC(=O)C(F)(F)F)cc1)c1ccc(=O)[nH]n1. The highest BCUT2D eigenvalue weighted by molar-refractivity contribution is 5.95. The van der Waals surface area contributed by atoms with Gasteiger partial charge in [0.2, 0.25) is 0 Å². The Kier molecular flexibility index (Phi) is 4.97. The van der Waals surface area contributed by atoms with Crippen LogP contribution in [0.2, 0.25) is 0 Å². The van der Waals surface area contributed by atoms with Gasteiger partial charge in [0.1, 0.15) is 5.69 Å². The zero-order valence-electron chi connectivity index (χ0n) is 12.0. The van der Waals surface area contributed by atoms with E-state index in [1.807, 2.05) is 0 Å². The Hall–Kier alpha value is -3.17. The van der Waals surface area contributed by atoms with E-state index in [1.54, 1.807) is 5.32 Å². The van der Waals surface area contributed by atoms with E-state index in [0.29, 0.717) is 5.56 Å². The highest BCUT2D eigenvalue weighted by Gasteiger charge is 2.38. The fourth-order valence-corrected chi connectivity index (χ4v) is 1.65. The Morgan fingerprint density at radius 3 is 2.29 bits per heavy atom. The van der Waals surface area contributed by atoms with Crippen molar-refractivity contribution in [1.29, 1.82) is 0 Å². The third-order valence-corrected chi connectivity index (χ3v) is 2.83. The van der Waals surface area contributed by atoms with E-state index in [-0.39, 0.29) is 17.9 Å². The van der Waals surface area contributed by atoms with Crippen molar-refractivity contribution in [2.24, 2.45) is 0 Å². The lowest BCUT2D eigenvalue weighted by Crippen LogP contribution is -2.29. The summed E-state index contributed by atoms with van der Waals surface area (Å²) in [6.45, 7) is 0.0904. The molecule has 0 fully saturated rings. The number of carbonyl (C=O) groups is 2. The van der Waals surface area contributed by atoms with Crippen molar-refractivity contribution < 1.29 is 22.8 Å². The molecule has 0 aliphatic carbocycles. The molecule has 1 aromatic heterocycles. The van der Waals surface area contributed by atoms with E-state index in [0.717, 1.165) is 6.07 Å². The van der Waals surface area contributed by atoms with Gasteiger partial charge in [-0.25, -0.2) is 5.10 Å². The average Bonchev–Trinajstić information content (AvgIpc) is 2.53. The molecular weight excluding hydrogens is 329 g/mol. The van der Waals surface area contributed by atoms with E-state index < -0.39 is 23.5 Å². The molecule has 2 aromatic rings. The second kappa shape index (κ2) is 6.94. The Morgan fingerprint density at radius 1 is 1.08 bits per heavy atom. The first-order valence-corrected chi connectivity index (χ1v) is 6.57. The molecule has 1 heterocycles. The molecule has 0 atom stereocenters. The predicted molar refractivity (Wildman–Crippen MR) is 77.2 cm³/mol. The van der Waals surface area contributed by atoms with E-state index in [9.17, 15) is 27.6 Å². The highest BCUT2D eigenvalue weighted by Crippen LogP contribution is 2.18. The van der Waals surface area contributed by atoms with Crippen LogP contribution in [0, 0.1) is 0 Å². The van der Waals surface area contributed by atoms with Crippen LogP contribution >= 0.6 is 0 Å². The number of hydrogen-bond donors (Lipinski definition) is 3. The summed E-state index contributed by atoms with van der Waals surface area (Å²) < 4.78 is 36.4. The summed E-state index contributed by atoms with van der Waals surface area (Å²) >= 11 is 0. The third-order valence-electron chi connectivity index (χ3n) is 2.83. The number of rotatable bonds is 4. The number of alkyl halides is 3. The smallest absolute Gasteiger partial charge is 0.347 e. The Labute approximate surface area is 132 Å². The minimum Gasteiger partial charge on any atom is -0.347 e. The number of H-pyrrole nitrogens is 1. The summed E-state index contributed by atoms with van der Waals surface area (Å²) in [6, 6.07) is 7.87. The molecule has 0 bridgehead atoms. The van der Waals surface area contributed by atoms with Gasteiger partial charge in [-0.05, 0) is 23.8 Å². The molecule has 0 radical (unpaired) electrons. The van der Waals surface area contributed by atoms with Gasteiger partial charge in [-0.15, -0.1) is 0 Å². The van der Waals surface area contributed by atoms with Crippen molar-refractivity contribution in [3.05, 3.63) is 58.0 Å². The van der Waals surface area contributed by atoms with Crippen LogP contribution < -0.4 is 16.2 Å². The molecule has 126 valence electrons. The van der Waals surface area contributed by atoms with Crippen LogP contribution in [0.1, 0.15) is 16.1 Å². The maximum absolute atomic E-state index is 12.1. The number of carbonyl (C=O) groups excluding carboxylic acids is 2. The van der Waals surface area contributed by atoms with Gasteiger partial charge in [0.15, 0.2) is 0 Å². The number of benzene rings is 1. The van der Waals surface area contributed by atoms with Crippen molar-refractivity contribution >= 4 is 17.5 Å². The van der Waals surface area contributed by atoms with Crippen molar-refractivity contribution in [3.8, 4) is 0 Å². The molecule has 0 saturated carbocycles. The minimum absolute atomic E-state index is 0.0173. The number of nitrogens with zero attached hydrogens (tertiary/aromatic N) is 1. The quantitative estimate of drug-likeness (QED) is 0.778. The molecule has 0 aliphatic heterocycles. The molecule has 3 N–H and O–H groups in total. The Morgan fingerprint density at radius 2 is 1.75 bits per heavy atom. The first-order valence-electron chi connectivity index (χ1n) is 6.57. The van der Waals surface area contributed by atoms with Crippen LogP contribution in [-0.2, 0) is 11.3 Å². The second-order valence-corrected chi connectivity index (χ2v) is 4.64. The van der Waals surface area contributed by atoms with Gasteiger partial charge in [-0.1, -0.05) is 12.1 Å². The molecule has 7 nitrogen and oxygen atoms in total. The van der Waals surface area contributed by atoms with Gasteiger partial charge in [-0.3, -0.25) is 14.4 Å². The monoisotopic (exact) mass is 340 g/mol. The third kappa shape index (κ3) is 4.66. The summed E-state index contributed by atoms with van der Waals surface area (Å²) in [7, 11) is 0. The number of anilines is 1. The van der Waals surface area contributed by atoms with Crippen LogP contribution in [0.5, 0.6) is 0 Å². The molecule has 10 heteroatoms. The Bertz CT molecular complexity index is 780. The molecule has 0 unspecified atom stereocenters. The van der Waals surface area contributed by atoms with Crippen LogP contribution in [0.4, 0.5) is 18.9 Å². The van der Waals surface area contributed by atoms with Crippen molar-refractivity contribution in [1.82, 2.24) is 15.5 Å². The molecular formula is C14H11F3N4O3. The standard InChI is InChI=1S/C14H11F3N4O3/c15-14(16,17)13(24)19-9-3-1-8(2-4-9)7-18-12(23)10-5-6-11(22)21-20-10/h1-6H,7H2,(H,18,23)(H,19,24)(H,21,22). The van der Waals surface area contributed by atoms with Gasteiger partial charge >= 0.3 is 12.1 Å². The molecule has 0 spiro atoms. The topological polar surface area (TPSA) is 104 Å². The molecule has 0 saturated heterocycles. The second-order valence-electron chi connectivity index (χ2n) is 4.64. The van der Waals surface area contributed by atoms with Crippen LogP contribution in [0.15, 0.2) is 41.2 Å². The molecule has 1 aromatic carbocycles. The number of aromatic nitrogens is 2. The fraction of sp³-hybridized carbons (Fsp3) is 0.143. The zero-order chi connectivity index (χ0) is 17.7. The minimum atomic E-state index is -4.96. The summed E-state index contributed by atoms with van der Waals surface area (Å²) in [5, 5.41) is 9.91. The van der Waals surface area contributed by atoms with Crippen molar-refractivity contribution in [2.75, 3.05) is 5.32 Å². The lowest BCUT2D eigenvalue weighted by Gasteiger charge is -2.09. The molecule has 2 amide bonds. The van der Waals surface area contributed by atoms with Gasteiger partial charge in [0.05, 0.1) is 0 Å². The van der Waals surface area contributed by atoms with E-state index >= 15 is 0 Å². The summed E-state index contributed by atoms with van der Waals surface area (Å²) in [6.07, 6.45) is -4.96. The summed E-state index contributed by atoms with van der Waals surface area (Å²) in [5.74, 6) is -2.59. The number of halogens is 3. The number of amides is 2. The summed E-state index contributed by atoms with van der Waals surface area (Å²) in [5.41, 5.74) is 0.152. The molecule has 2 rings (SSSR count). The average molecular weight is 340 g/mol. The largest absolute Gasteiger partial charge is 0.471 e. The fourth-order valence-electron chi connectivity index (χ4n) is 1.65. The van der Waals surface area contributed by atoms with E-state index in [2.05, 4.69) is 15.5 Å². The normalized spacial score (nSPS) is 11.0. The van der Waals surface area contributed by atoms with Crippen molar-refractivity contribution in [2.45, 2.75) is 12.7 Å². The first kappa shape index (κ1) is 17.2. The number of nitrogens with one attached hydrogen (secondary N) is 3. The highest BCUT2D eigenvalue weighted by atomic mass is 19.4. The van der Waals surface area contributed by atoms with Gasteiger partial charge in [0, 0.05) is 18.3 Å². The van der Waals surface area contributed by atoms with Crippen LogP contribution in [0.3, 0.4) is 0 Å². The van der Waals surface area contributed by atoms with E-state index in [1.165, 1.54) is 30.3 Å². The van der Waals surface area contributed by atoms with Gasteiger partial charge in [0.25, 0.3) is 11.5 Å². The van der Waals surface area contributed by atoms with Gasteiger partial charge < -0.3 is 10.6 Å². The molecule has 0 aliphatic rings. The van der Waals surface area contributed by atoms with Crippen molar-refractivity contribution in [3.63, 3.8) is 0 Å². The van der Waals surface area contributed by atoms with Crippen LogP contribution in [-0.4, -0.2) is 28.2 Å².